The Morgan fingerprint density at radius 2 is 2.19 bits per heavy atom. The molecule has 27 heavy (non-hydrogen) atoms. The van der Waals surface area contributed by atoms with Gasteiger partial charge in [-0.15, -0.1) is 0 Å². The van der Waals surface area contributed by atoms with Crippen LogP contribution in [0.25, 0.3) is 0 Å². The number of H-pyrrole nitrogens is 1. The number of carboxylic acid groups (broad SMARTS) is 1. The summed E-state index contributed by atoms with van der Waals surface area (Å²) in [5.41, 5.74) is 1.07. The number of aromatic nitrogens is 4. The van der Waals surface area contributed by atoms with Crippen molar-refractivity contribution in [3.63, 3.8) is 0 Å². The summed E-state index contributed by atoms with van der Waals surface area (Å²) < 4.78 is 0. The normalized spacial score (nSPS) is 22.8. The first kappa shape index (κ1) is 17.3. The molecule has 2 saturated carbocycles. The Morgan fingerprint density at radius 3 is 2.81 bits per heavy atom. The van der Waals surface area contributed by atoms with Gasteiger partial charge < -0.3 is 10.4 Å². The van der Waals surface area contributed by atoms with Crippen LogP contribution in [-0.2, 0) is 0 Å². The third-order valence-electron chi connectivity index (χ3n) is 5.59. The van der Waals surface area contributed by atoms with E-state index in [1.54, 1.807) is 4.90 Å². The molecule has 3 N–H and O–H groups in total. The summed E-state index contributed by atoms with van der Waals surface area (Å²) in [6.07, 6.45) is 6.58. The van der Waals surface area contributed by atoms with Crippen molar-refractivity contribution in [2.75, 3.05) is 5.32 Å². The van der Waals surface area contributed by atoms with Gasteiger partial charge in [0.25, 0.3) is 0 Å². The molecule has 2 atom stereocenters. The number of hydrogen-bond acceptors (Lipinski definition) is 6. The van der Waals surface area contributed by atoms with Gasteiger partial charge in [-0.2, -0.15) is 10.4 Å². The van der Waals surface area contributed by atoms with Gasteiger partial charge in [-0.25, -0.2) is 14.8 Å². The second kappa shape index (κ2) is 6.54. The third-order valence-corrected chi connectivity index (χ3v) is 5.59. The van der Waals surface area contributed by atoms with E-state index in [2.05, 4.69) is 25.5 Å². The molecule has 4 rings (SSSR count). The van der Waals surface area contributed by atoms with Crippen molar-refractivity contribution in [2.24, 2.45) is 0 Å². The number of carbonyl (C=O) groups is 1. The number of nitrogens with zero attached hydrogens (tertiary/aromatic N) is 5. The molecule has 2 aromatic rings. The molecule has 1 amide bonds. The smallest absolute Gasteiger partial charge is 0.408 e. The van der Waals surface area contributed by atoms with Crippen LogP contribution < -0.4 is 5.32 Å². The van der Waals surface area contributed by atoms with Crippen LogP contribution in [0.15, 0.2) is 18.5 Å². The van der Waals surface area contributed by atoms with Gasteiger partial charge in [-0.05, 0) is 39.0 Å². The first-order valence-electron chi connectivity index (χ1n) is 9.05. The topological polar surface area (TPSA) is 131 Å². The van der Waals surface area contributed by atoms with E-state index >= 15 is 0 Å². The monoisotopic (exact) mass is 367 g/mol. The van der Waals surface area contributed by atoms with Crippen molar-refractivity contribution < 1.29 is 9.90 Å². The zero-order valence-corrected chi connectivity index (χ0v) is 15.0. The highest BCUT2D eigenvalue weighted by Crippen LogP contribution is 2.47. The Kier molecular flexibility index (Phi) is 4.18. The van der Waals surface area contributed by atoms with Crippen LogP contribution in [0.2, 0.25) is 0 Å². The molecular formula is C18H21N7O2. The highest BCUT2D eigenvalue weighted by atomic mass is 16.4. The lowest BCUT2D eigenvalue weighted by atomic mass is 10.0. The SMILES string of the molecule is CC1(N(C(=O)O)[C@@H]2CC[C@H](c3cc(Nc4cnc(C#N)cn4)n[nH]3)C2)CC1. The quantitative estimate of drug-likeness (QED) is 0.740. The third kappa shape index (κ3) is 3.43. The summed E-state index contributed by atoms with van der Waals surface area (Å²) in [4.78, 5) is 21.5. The minimum atomic E-state index is -0.813. The summed E-state index contributed by atoms with van der Waals surface area (Å²) in [6, 6.07) is 3.91. The summed E-state index contributed by atoms with van der Waals surface area (Å²) in [5.74, 6) is 1.39. The molecule has 0 aromatic carbocycles. The van der Waals surface area contributed by atoms with E-state index in [0.717, 1.165) is 37.8 Å². The van der Waals surface area contributed by atoms with Crippen molar-refractivity contribution >= 4 is 17.7 Å². The fraction of sp³-hybridized carbons (Fsp3) is 0.500. The van der Waals surface area contributed by atoms with Crippen LogP contribution in [0.5, 0.6) is 0 Å². The molecule has 2 aliphatic rings. The van der Waals surface area contributed by atoms with Crippen molar-refractivity contribution in [3.8, 4) is 6.07 Å². The van der Waals surface area contributed by atoms with Crippen LogP contribution in [0.1, 0.15) is 56.3 Å². The van der Waals surface area contributed by atoms with Gasteiger partial charge in [-0.3, -0.25) is 10.00 Å². The number of nitrogens with one attached hydrogen (secondary N) is 2. The molecule has 9 nitrogen and oxygen atoms in total. The van der Waals surface area contributed by atoms with Crippen molar-refractivity contribution in [2.45, 2.75) is 56.5 Å². The lowest BCUT2D eigenvalue weighted by Gasteiger charge is -2.32. The maximum atomic E-state index is 11.7. The zero-order valence-electron chi connectivity index (χ0n) is 15.0. The predicted molar refractivity (Wildman–Crippen MR) is 96.5 cm³/mol. The van der Waals surface area contributed by atoms with E-state index in [0.29, 0.717) is 11.6 Å². The van der Waals surface area contributed by atoms with Crippen LogP contribution in [0.3, 0.4) is 0 Å². The molecule has 0 unspecified atom stereocenters. The van der Waals surface area contributed by atoms with Gasteiger partial charge in [0, 0.05) is 29.3 Å². The van der Waals surface area contributed by atoms with Crippen LogP contribution in [0.4, 0.5) is 16.4 Å². The molecular weight excluding hydrogens is 346 g/mol. The van der Waals surface area contributed by atoms with Crippen LogP contribution in [-0.4, -0.2) is 47.8 Å². The molecule has 2 fully saturated rings. The fourth-order valence-corrected chi connectivity index (χ4v) is 3.92. The van der Waals surface area contributed by atoms with Gasteiger partial charge in [0.2, 0.25) is 0 Å². The molecule has 0 saturated heterocycles. The number of rotatable bonds is 5. The van der Waals surface area contributed by atoms with E-state index in [1.165, 1.54) is 12.4 Å². The Hall–Kier alpha value is -3.15. The predicted octanol–water partition coefficient (Wildman–Crippen LogP) is 2.98. The largest absolute Gasteiger partial charge is 0.465 e. The first-order chi connectivity index (χ1) is 13.0. The summed E-state index contributed by atoms with van der Waals surface area (Å²) in [5, 5.41) is 28.8. The highest BCUT2D eigenvalue weighted by molar-refractivity contribution is 5.67. The van der Waals surface area contributed by atoms with Crippen molar-refractivity contribution in [1.29, 1.82) is 5.26 Å². The fourth-order valence-electron chi connectivity index (χ4n) is 3.92. The summed E-state index contributed by atoms with van der Waals surface area (Å²) >= 11 is 0. The Bertz CT molecular complexity index is 882. The summed E-state index contributed by atoms with van der Waals surface area (Å²) in [6.45, 7) is 2.03. The van der Waals surface area contributed by atoms with Gasteiger partial charge in [-0.1, -0.05) is 0 Å². The number of aromatic amines is 1. The number of nitriles is 1. The Balaban J connectivity index is 1.41. The lowest BCUT2D eigenvalue weighted by molar-refractivity contribution is 0.0955. The molecule has 140 valence electrons. The number of amides is 1. The number of anilines is 2. The molecule has 0 aliphatic heterocycles. The first-order valence-corrected chi connectivity index (χ1v) is 9.05. The van der Waals surface area contributed by atoms with E-state index in [9.17, 15) is 9.90 Å². The maximum Gasteiger partial charge on any atom is 0.408 e. The highest BCUT2D eigenvalue weighted by Gasteiger charge is 2.50. The van der Waals surface area contributed by atoms with Crippen molar-refractivity contribution in [3.05, 3.63) is 29.8 Å². The molecule has 2 heterocycles. The van der Waals surface area contributed by atoms with E-state index in [4.69, 9.17) is 5.26 Å². The molecule has 2 aliphatic carbocycles. The van der Waals surface area contributed by atoms with E-state index in [1.807, 2.05) is 19.1 Å². The van der Waals surface area contributed by atoms with E-state index < -0.39 is 6.09 Å². The molecule has 0 spiro atoms. The molecule has 0 radical (unpaired) electrons. The van der Waals surface area contributed by atoms with Crippen molar-refractivity contribution in [1.82, 2.24) is 25.1 Å². The van der Waals surface area contributed by atoms with Gasteiger partial charge >= 0.3 is 6.09 Å². The van der Waals surface area contributed by atoms with Gasteiger partial charge in [0.1, 0.15) is 11.9 Å². The molecule has 2 aromatic heterocycles. The van der Waals surface area contributed by atoms with E-state index in [-0.39, 0.29) is 23.2 Å². The second-order valence-corrected chi connectivity index (χ2v) is 7.55. The molecule has 0 bridgehead atoms. The lowest BCUT2D eigenvalue weighted by Crippen LogP contribution is -2.45. The van der Waals surface area contributed by atoms with Crippen LogP contribution >= 0.6 is 0 Å². The van der Waals surface area contributed by atoms with Gasteiger partial charge in [0.15, 0.2) is 11.5 Å². The Labute approximate surface area is 156 Å². The second-order valence-electron chi connectivity index (χ2n) is 7.55. The minimum absolute atomic E-state index is 0.0594. The Morgan fingerprint density at radius 1 is 1.37 bits per heavy atom. The van der Waals surface area contributed by atoms with Crippen LogP contribution in [0, 0.1) is 11.3 Å². The average Bonchev–Trinajstić information content (AvgIpc) is 3.04. The average molecular weight is 367 g/mol. The number of hydrogen-bond donors (Lipinski definition) is 3. The maximum absolute atomic E-state index is 11.7. The van der Waals surface area contributed by atoms with Gasteiger partial charge in [0.05, 0.1) is 12.4 Å². The molecule has 9 heteroatoms. The standard InChI is InChI=1S/C18H21N7O2/c1-18(4-5-18)25(17(26)27)13-3-2-11(6-13)14-7-15(24-23-14)22-16-10-20-12(8-19)9-21-16/h7,9-11,13H,2-6H2,1H3,(H,26,27)(H2,21,22,23,24)/t11-,13+/m0/s1. The summed E-state index contributed by atoms with van der Waals surface area (Å²) in [7, 11) is 0. The zero-order chi connectivity index (χ0) is 19.0. The minimum Gasteiger partial charge on any atom is -0.465 e.